The van der Waals surface area contributed by atoms with E-state index in [9.17, 15) is 0 Å². The molecule has 0 amide bonds. The number of furan rings is 1. The molecule has 0 N–H and O–H groups in total. The van der Waals surface area contributed by atoms with Crippen molar-refractivity contribution in [3.8, 4) is 0 Å². The predicted molar refractivity (Wildman–Crippen MR) is 214 cm³/mol. The van der Waals surface area contributed by atoms with E-state index in [1.54, 1.807) is 0 Å². The topological polar surface area (TPSA) is 16.4 Å². The summed E-state index contributed by atoms with van der Waals surface area (Å²) < 4.78 is 6.85. The Bertz CT molecular complexity index is 2940. The number of fused-ring (bicyclic) bond motifs is 14. The van der Waals surface area contributed by atoms with Crippen molar-refractivity contribution in [2.45, 2.75) is 0 Å². The minimum Gasteiger partial charge on any atom is -0.455 e. The zero-order valence-electron chi connectivity index (χ0n) is 27.3. The highest BCUT2D eigenvalue weighted by molar-refractivity contribution is 6.31. The summed E-state index contributed by atoms with van der Waals surface area (Å²) in [4.78, 5) is 2.34. The van der Waals surface area contributed by atoms with E-state index in [4.69, 9.17) is 4.42 Å². The van der Waals surface area contributed by atoms with Gasteiger partial charge in [0.1, 0.15) is 11.2 Å². The van der Waals surface area contributed by atoms with Gasteiger partial charge in [-0.2, -0.15) is 0 Å². The molecule has 10 aromatic rings. The van der Waals surface area contributed by atoms with E-state index in [0.29, 0.717) is 0 Å². The molecule has 0 saturated carbocycles. The molecule has 0 bridgehead atoms. The third-order valence-electron chi connectivity index (χ3n) is 10.0. The molecule has 10 rings (SSSR count). The van der Waals surface area contributed by atoms with Crippen molar-refractivity contribution in [1.82, 2.24) is 0 Å². The Balaban J connectivity index is 1.49. The molecule has 0 aliphatic heterocycles. The Hall–Kier alpha value is -6.64. The van der Waals surface area contributed by atoms with Gasteiger partial charge >= 0.3 is 0 Å². The van der Waals surface area contributed by atoms with Crippen LogP contribution in [0.25, 0.3) is 75.8 Å². The van der Waals surface area contributed by atoms with Crippen LogP contribution >= 0.6 is 0 Å². The second kappa shape index (κ2) is 11.5. The monoisotopic (exact) mass is 637 g/mol. The Kier molecular flexibility index (Phi) is 6.53. The maximum atomic E-state index is 6.85. The van der Waals surface area contributed by atoms with Crippen molar-refractivity contribution < 1.29 is 4.42 Å². The molecule has 2 heteroatoms. The molecule has 0 fully saturated rings. The van der Waals surface area contributed by atoms with Gasteiger partial charge < -0.3 is 9.32 Å². The predicted octanol–water partition coefficient (Wildman–Crippen LogP) is 13.9. The lowest BCUT2D eigenvalue weighted by Crippen LogP contribution is -2.09. The fraction of sp³-hybridized carbons (Fsp3) is 0. The number of para-hydroxylation sites is 3. The lowest BCUT2D eigenvalue weighted by Gasteiger charge is -2.26. The molecule has 234 valence electrons. The van der Waals surface area contributed by atoms with Gasteiger partial charge in [-0.25, -0.2) is 0 Å². The summed E-state index contributed by atoms with van der Waals surface area (Å²) >= 11 is 0. The van der Waals surface area contributed by atoms with Gasteiger partial charge in [-0.3, -0.25) is 0 Å². The van der Waals surface area contributed by atoms with E-state index < -0.39 is 0 Å². The van der Waals surface area contributed by atoms with Crippen LogP contribution in [0.4, 0.5) is 17.1 Å². The quantitative estimate of drug-likeness (QED) is 0.192. The average molecular weight is 638 g/mol. The molecular formula is C48H31NO. The number of hydrogen-bond acceptors (Lipinski definition) is 2. The minimum absolute atomic E-state index is 0.893. The lowest BCUT2D eigenvalue weighted by molar-refractivity contribution is 0.673. The third kappa shape index (κ3) is 4.43. The van der Waals surface area contributed by atoms with Crippen LogP contribution in [0.15, 0.2) is 192 Å². The van der Waals surface area contributed by atoms with Crippen molar-refractivity contribution in [1.29, 1.82) is 0 Å². The smallest absolute Gasteiger partial charge is 0.143 e. The van der Waals surface area contributed by atoms with Crippen molar-refractivity contribution in [3.05, 3.63) is 188 Å². The molecule has 0 spiro atoms. The van der Waals surface area contributed by atoms with E-state index in [-0.39, 0.29) is 0 Å². The van der Waals surface area contributed by atoms with Gasteiger partial charge in [0.05, 0.1) is 0 Å². The fourth-order valence-corrected chi connectivity index (χ4v) is 7.85. The second-order valence-electron chi connectivity index (χ2n) is 12.8. The van der Waals surface area contributed by atoms with Crippen molar-refractivity contribution in [3.63, 3.8) is 0 Å². The summed E-state index contributed by atoms with van der Waals surface area (Å²) in [6, 6.07) is 67.6. The average Bonchev–Trinajstić information content (AvgIpc) is 3.57. The van der Waals surface area contributed by atoms with E-state index >= 15 is 0 Å². The van der Waals surface area contributed by atoms with Crippen LogP contribution in [0.1, 0.15) is 0 Å². The zero-order valence-corrected chi connectivity index (χ0v) is 27.3. The van der Waals surface area contributed by atoms with Crippen molar-refractivity contribution in [2.75, 3.05) is 4.90 Å². The Morgan fingerprint density at radius 1 is 0.280 bits per heavy atom. The molecule has 50 heavy (non-hydrogen) atoms. The minimum atomic E-state index is 0.893. The zero-order chi connectivity index (χ0) is 33.0. The molecule has 0 atom stereocenters. The van der Waals surface area contributed by atoms with Gasteiger partial charge in [0.25, 0.3) is 0 Å². The number of rotatable bonds is 3. The molecule has 2 nitrogen and oxygen atoms in total. The summed E-state index contributed by atoms with van der Waals surface area (Å²) in [7, 11) is 0. The lowest BCUT2D eigenvalue weighted by atomic mass is 9.93. The fourth-order valence-electron chi connectivity index (χ4n) is 7.85. The van der Waals surface area contributed by atoms with Crippen LogP contribution in [0.2, 0.25) is 0 Å². The highest BCUT2D eigenvalue weighted by Gasteiger charge is 2.17. The van der Waals surface area contributed by atoms with Crippen molar-refractivity contribution in [2.24, 2.45) is 0 Å². The first-order valence-corrected chi connectivity index (χ1v) is 17.1. The van der Waals surface area contributed by atoms with E-state index in [1.807, 2.05) is 6.07 Å². The molecule has 0 radical (unpaired) electrons. The largest absolute Gasteiger partial charge is 0.455 e. The normalized spacial score (nSPS) is 11.6. The number of benzene rings is 8. The summed E-state index contributed by atoms with van der Waals surface area (Å²) in [6.07, 6.45) is 0. The van der Waals surface area contributed by atoms with Crippen molar-refractivity contribution >= 4 is 92.9 Å². The highest BCUT2D eigenvalue weighted by Crippen LogP contribution is 2.43. The molecule has 9 aromatic carbocycles. The molecule has 1 heterocycles. The van der Waals surface area contributed by atoms with Crippen LogP contribution in [0.5, 0.6) is 0 Å². The SMILES string of the molecule is c1ccc(N(c2ccccc2)c2ccc3c4ccccc4c4ccccc4c4ccccc4c4c(ccc5c6ccccc6oc54)c3c2)cc1. The summed E-state index contributed by atoms with van der Waals surface area (Å²) in [5.41, 5.74) is 5.09. The molecule has 0 aliphatic carbocycles. The first-order chi connectivity index (χ1) is 24.8. The van der Waals surface area contributed by atoms with Gasteiger partial charge in [-0.15, -0.1) is 0 Å². The number of nitrogens with zero attached hydrogens (tertiary/aromatic N) is 1. The summed E-state index contributed by atoms with van der Waals surface area (Å²) in [5, 5.41) is 14.0. The highest BCUT2D eigenvalue weighted by atomic mass is 16.3. The maximum absolute atomic E-state index is 6.85. The molecule has 0 saturated heterocycles. The molecular weight excluding hydrogens is 607 g/mol. The third-order valence-corrected chi connectivity index (χ3v) is 10.0. The number of hydrogen-bond donors (Lipinski definition) is 0. The first kappa shape index (κ1) is 28.4. The maximum Gasteiger partial charge on any atom is 0.143 e. The molecule has 0 unspecified atom stereocenters. The van der Waals surface area contributed by atoms with Crippen LogP contribution in [0, 0.1) is 0 Å². The van der Waals surface area contributed by atoms with Gasteiger partial charge in [-0.05, 0) is 97.0 Å². The Morgan fingerprint density at radius 2 is 0.680 bits per heavy atom. The van der Waals surface area contributed by atoms with Crippen LogP contribution in [-0.2, 0) is 0 Å². The number of anilines is 3. The standard InChI is InChI=1S/C48H31NO/c1-3-15-32(16-4-1)49(33-17-5-2-6-18-33)34-27-28-40-38-22-10-8-20-36(38)35-19-7-9-21-37(35)39-23-11-12-25-42(39)47-43(45(40)31-34)29-30-44-41-24-13-14-26-46(41)50-48(44)47/h1-31H. The second-order valence-corrected chi connectivity index (χ2v) is 12.8. The van der Waals surface area contributed by atoms with E-state index in [2.05, 4.69) is 187 Å². The van der Waals surface area contributed by atoms with Gasteiger partial charge in [-0.1, -0.05) is 140 Å². The summed E-state index contributed by atoms with van der Waals surface area (Å²) in [5.74, 6) is 0. The van der Waals surface area contributed by atoms with Crippen LogP contribution < -0.4 is 4.90 Å². The van der Waals surface area contributed by atoms with Gasteiger partial charge in [0.2, 0.25) is 0 Å². The van der Waals surface area contributed by atoms with Gasteiger partial charge in [0, 0.05) is 33.2 Å². The Labute approximate surface area is 289 Å². The summed E-state index contributed by atoms with van der Waals surface area (Å²) in [6.45, 7) is 0. The first-order valence-electron chi connectivity index (χ1n) is 17.1. The van der Waals surface area contributed by atoms with Crippen LogP contribution in [0.3, 0.4) is 0 Å². The van der Waals surface area contributed by atoms with Gasteiger partial charge in [0.15, 0.2) is 0 Å². The van der Waals surface area contributed by atoms with E-state index in [0.717, 1.165) is 60.5 Å². The van der Waals surface area contributed by atoms with E-state index in [1.165, 1.54) is 32.3 Å². The molecule has 0 aliphatic rings. The van der Waals surface area contributed by atoms with Crippen LogP contribution in [-0.4, -0.2) is 0 Å². The Morgan fingerprint density at radius 3 is 1.26 bits per heavy atom. The molecule has 1 aromatic heterocycles.